The number of nitrogens with one attached hydrogen (secondary N) is 1. The minimum Gasteiger partial charge on any atom is -0.213 e. The summed E-state index contributed by atoms with van der Waals surface area (Å²) < 4.78 is 23.3. The second kappa shape index (κ2) is 3.73. The molecule has 60 valence electrons. The molecule has 0 bridgehead atoms. The topological polar surface area (TPSA) is 46.2 Å². The van der Waals surface area contributed by atoms with E-state index in [4.69, 9.17) is 0 Å². The zero-order chi connectivity index (χ0) is 8.20. The van der Waals surface area contributed by atoms with Gasteiger partial charge in [-0.3, -0.25) is 0 Å². The average molecular weight is 163 g/mol. The van der Waals surface area contributed by atoms with Gasteiger partial charge < -0.3 is 0 Å². The lowest BCUT2D eigenvalue weighted by molar-refractivity contribution is 0.590. The molecular formula is C6H13NO2S. The van der Waals surface area contributed by atoms with E-state index in [1.165, 1.54) is 0 Å². The van der Waals surface area contributed by atoms with Crippen molar-refractivity contribution >= 4 is 10.0 Å². The summed E-state index contributed by atoms with van der Waals surface area (Å²) in [5, 5.41) is 0. The lowest BCUT2D eigenvalue weighted by atomic mass is 10.2. The van der Waals surface area contributed by atoms with Gasteiger partial charge in [0.25, 0.3) is 0 Å². The quantitative estimate of drug-likeness (QED) is 0.613. The van der Waals surface area contributed by atoms with Crippen LogP contribution in [0.2, 0.25) is 0 Å². The Hall–Kier alpha value is -0.350. The van der Waals surface area contributed by atoms with Crippen LogP contribution in [-0.4, -0.2) is 21.2 Å². The highest BCUT2D eigenvalue weighted by Gasteiger charge is 1.98. The molecule has 0 saturated carbocycles. The molecule has 0 fully saturated rings. The van der Waals surface area contributed by atoms with Gasteiger partial charge in [0.15, 0.2) is 0 Å². The number of hydrogen-bond acceptors (Lipinski definition) is 2. The lowest BCUT2D eigenvalue weighted by Gasteiger charge is -2.01. The Labute approximate surface area is 62.2 Å². The summed E-state index contributed by atoms with van der Waals surface area (Å²) >= 11 is 0. The van der Waals surface area contributed by atoms with Gasteiger partial charge in [0.1, 0.15) is 0 Å². The summed E-state index contributed by atoms with van der Waals surface area (Å²) in [4.78, 5) is 0. The van der Waals surface area contributed by atoms with Gasteiger partial charge >= 0.3 is 0 Å². The summed E-state index contributed by atoms with van der Waals surface area (Å²) in [6.45, 7) is 5.94. The largest absolute Gasteiger partial charge is 0.213 e. The highest BCUT2D eigenvalue weighted by Crippen LogP contribution is 1.93. The minimum atomic E-state index is -3.04. The molecule has 0 amide bonds. The van der Waals surface area contributed by atoms with Crippen molar-refractivity contribution < 1.29 is 8.42 Å². The monoisotopic (exact) mass is 163 g/mol. The van der Waals surface area contributed by atoms with Crippen molar-refractivity contribution in [3.8, 4) is 0 Å². The fraction of sp³-hybridized carbons (Fsp3) is 0.667. The van der Waals surface area contributed by atoms with E-state index in [2.05, 4.69) is 11.3 Å². The molecule has 0 aliphatic rings. The maximum Gasteiger partial charge on any atom is 0.208 e. The van der Waals surface area contributed by atoms with Crippen LogP contribution in [0.4, 0.5) is 0 Å². The van der Waals surface area contributed by atoms with E-state index in [-0.39, 0.29) is 0 Å². The Balaban J connectivity index is 3.67. The number of rotatable bonds is 4. The summed E-state index contributed by atoms with van der Waals surface area (Å²) in [6.07, 6.45) is 1.94. The van der Waals surface area contributed by atoms with E-state index < -0.39 is 10.0 Å². The molecule has 0 aromatic carbocycles. The van der Waals surface area contributed by atoms with Crippen molar-refractivity contribution in [3.05, 3.63) is 12.2 Å². The van der Waals surface area contributed by atoms with Crippen molar-refractivity contribution in [1.82, 2.24) is 4.72 Å². The van der Waals surface area contributed by atoms with E-state index in [9.17, 15) is 8.42 Å². The molecule has 0 rings (SSSR count). The Kier molecular flexibility index (Phi) is 3.60. The molecule has 0 aromatic heterocycles. The molecule has 0 aliphatic heterocycles. The smallest absolute Gasteiger partial charge is 0.208 e. The molecule has 0 aromatic rings. The highest BCUT2D eigenvalue weighted by atomic mass is 32.2. The fourth-order valence-corrected chi connectivity index (χ4v) is 0.824. The van der Waals surface area contributed by atoms with Crippen LogP contribution in [0, 0.1) is 0 Å². The van der Waals surface area contributed by atoms with Gasteiger partial charge in [0.05, 0.1) is 6.26 Å². The van der Waals surface area contributed by atoms with Gasteiger partial charge in [-0.15, -0.1) is 0 Å². The Morgan fingerprint density at radius 1 is 1.60 bits per heavy atom. The third-order valence-electron chi connectivity index (χ3n) is 1.08. The van der Waals surface area contributed by atoms with Crippen LogP contribution in [-0.2, 0) is 10.0 Å². The standard InChI is InChI=1S/C6H13NO2S/c1-4-6(2)5-7-10(3,8)9/h7H,2,4-5H2,1,3H3. The molecule has 0 spiro atoms. The van der Waals surface area contributed by atoms with Gasteiger partial charge in [-0.2, -0.15) is 0 Å². The van der Waals surface area contributed by atoms with Crippen LogP contribution in [0.3, 0.4) is 0 Å². The second-order valence-electron chi connectivity index (χ2n) is 2.20. The minimum absolute atomic E-state index is 0.356. The molecule has 0 saturated heterocycles. The van der Waals surface area contributed by atoms with Crippen molar-refractivity contribution in [3.63, 3.8) is 0 Å². The van der Waals surface area contributed by atoms with Crippen LogP contribution in [0.25, 0.3) is 0 Å². The van der Waals surface area contributed by atoms with E-state index in [1.54, 1.807) is 0 Å². The summed E-state index contributed by atoms with van der Waals surface area (Å²) in [6, 6.07) is 0. The SMILES string of the molecule is C=C(CC)CNS(C)(=O)=O. The maximum absolute atomic E-state index is 10.5. The van der Waals surface area contributed by atoms with Crippen LogP contribution >= 0.6 is 0 Å². The van der Waals surface area contributed by atoms with E-state index in [0.29, 0.717) is 6.54 Å². The molecular weight excluding hydrogens is 150 g/mol. The predicted octanol–water partition coefficient (Wildman–Crippen LogP) is 0.502. The molecule has 0 aliphatic carbocycles. The Morgan fingerprint density at radius 2 is 2.10 bits per heavy atom. The molecule has 0 heterocycles. The van der Waals surface area contributed by atoms with Crippen molar-refractivity contribution in [2.45, 2.75) is 13.3 Å². The van der Waals surface area contributed by atoms with Crippen molar-refractivity contribution in [2.75, 3.05) is 12.8 Å². The van der Waals surface area contributed by atoms with Crippen molar-refractivity contribution in [2.24, 2.45) is 0 Å². The molecule has 10 heavy (non-hydrogen) atoms. The van der Waals surface area contributed by atoms with Gasteiger partial charge in [0, 0.05) is 6.54 Å². The maximum atomic E-state index is 10.5. The molecule has 3 nitrogen and oxygen atoms in total. The molecule has 1 N–H and O–H groups in total. The predicted molar refractivity (Wildman–Crippen MR) is 42.3 cm³/mol. The van der Waals surface area contributed by atoms with Crippen LogP contribution < -0.4 is 4.72 Å². The highest BCUT2D eigenvalue weighted by molar-refractivity contribution is 7.88. The van der Waals surface area contributed by atoms with Crippen molar-refractivity contribution in [1.29, 1.82) is 0 Å². The van der Waals surface area contributed by atoms with Gasteiger partial charge in [0.2, 0.25) is 10.0 Å². The van der Waals surface area contributed by atoms with Crippen LogP contribution in [0.5, 0.6) is 0 Å². The zero-order valence-corrected chi connectivity index (χ0v) is 7.16. The zero-order valence-electron chi connectivity index (χ0n) is 6.35. The van der Waals surface area contributed by atoms with Crippen LogP contribution in [0.15, 0.2) is 12.2 Å². The van der Waals surface area contributed by atoms with E-state index in [1.807, 2.05) is 6.92 Å². The van der Waals surface area contributed by atoms with Gasteiger partial charge in [-0.1, -0.05) is 19.1 Å². The Bertz CT molecular complexity index is 206. The first-order chi connectivity index (χ1) is 4.45. The molecule has 0 unspecified atom stereocenters. The first kappa shape index (κ1) is 9.65. The lowest BCUT2D eigenvalue weighted by Crippen LogP contribution is -2.23. The molecule has 0 atom stereocenters. The summed E-state index contributed by atoms with van der Waals surface area (Å²) in [5.41, 5.74) is 0.894. The first-order valence-corrected chi connectivity index (χ1v) is 4.96. The van der Waals surface area contributed by atoms with Gasteiger partial charge in [-0.25, -0.2) is 13.1 Å². The normalized spacial score (nSPS) is 11.4. The van der Waals surface area contributed by atoms with E-state index >= 15 is 0 Å². The fourth-order valence-electron chi connectivity index (χ4n) is 0.358. The third-order valence-corrected chi connectivity index (χ3v) is 1.75. The second-order valence-corrected chi connectivity index (χ2v) is 4.03. The number of sulfonamides is 1. The summed E-state index contributed by atoms with van der Waals surface area (Å²) in [7, 11) is -3.04. The molecule has 4 heteroatoms. The van der Waals surface area contributed by atoms with Crippen LogP contribution in [0.1, 0.15) is 13.3 Å². The van der Waals surface area contributed by atoms with E-state index in [0.717, 1.165) is 18.2 Å². The Morgan fingerprint density at radius 3 is 2.40 bits per heavy atom. The first-order valence-electron chi connectivity index (χ1n) is 3.07. The molecule has 0 radical (unpaired) electrons. The summed E-state index contributed by atoms with van der Waals surface area (Å²) in [5.74, 6) is 0. The third kappa shape index (κ3) is 5.78. The number of hydrogen-bond donors (Lipinski definition) is 1. The average Bonchev–Trinajstić information content (AvgIpc) is 1.81. The van der Waals surface area contributed by atoms with Gasteiger partial charge in [-0.05, 0) is 6.42 Å².